The molecule has 1 fully saturated rings. The van der Waals surface area contributed by atoms with Gasteiger partial charge in [0, 0.05) is 50.0 Å². The molecule has 172 valence electrons. The van der Waals surface area contributed by atoms with E-state index < -0.39 is 5.82 Å². The number of aromatic amines is 2. The minimum absolute atomic E-state index is 0.199. The van der Waals surface area contributed by atoms with Crippen LogP contribution in [0.15, 0.2) is 59.8 Å². The van der Waals surface area contributed by atoms with E-state index in [9.17, 15) is 4.79 Å². The van der Waals surface area contributed by atoms with Crippen LogP contribution in [0.2, 0.25) is 0 Å². The Hall–Kier alpha value is -3.98. The van der Waals surface area contributed by atoms with Crippen molar-refractivity contribution in [2.45, 2.75) is 13.5 Å². The van der Waals surface area contributed by atoms with E-state index in [0.717, 1.165) is 48.8 Å². The minimum atomic E-state index is -0.392. The number of benzene rings is 1. The summed E-state index contributed by atoms with van der Waals surface area (Å²) in [6.45, 7) is 5.59. The van der Waals surface area contributed by atoms with Crippen molar-refractivity contribution >= 4 is 22.2 Å². The molecule has 1 aliphatic rings. The Kier molecular flexibility index (Phi) is 4.91. The molecule has 0 bridgehead atoms. The lowest BCUT2D eigenvalue weighted by atomic mass is 10.1. The zero-order valence-corrected chi connectivity index (χ0v) is 18.8. The number of hydrogen-bond acceptors (Lipinski definition) is 5. The molecule has 34 heavy (non-hydrogen) atoms. The number of piperazine rings is 1. The Balaban J connectivity index is 1.17. The second-order valence-corrected chi connectivity index (χ2v) is 8.72. The third-order valence-corrected chi connectivity index (χ3v) is 6.59. The molecule has 0 atom stereocenters. The molecular weight excluding hydrogens is 433 g/mol. The molecule has 1 saturated heterocycles. The van der Waals surface area contributed by atoms with E-state index in [2.05, 4.69) is 35.9 Å². The predicted molar refractivity (Wildman–Crippen MR) is 130 cm³/mol. The van der Waals surface area contributed by atoms with Crippen molar-refractivity contribution in [3.8, 4) is 11.4 Å². The Morgan fingerprint density at radius 1 is 1.06 bits per heavy atom. The van der Waals surface area contributed by atoms with Crippen LogP contribution in [0, 0.1) is 12.7 Å². The standard InChI is InChI=1S/C25H24FN7O/c1-16-13-29-33-21-7-4-17(22(26)23(21)30-25(34)24(16)33)15-31-9-11-32(12-10-31)18-5-6-20(28-14-18)19-3-2-8-27-19/h2-8,13-14,27H,9-12,15H2,1H3,(H,30,34). The Bertz CT molecular complexity index is 1530. The first-order chi connectivity index (χ1) is 16.6. The van der Waals surface area contributed by atoms with Crippen molar-refractivity contribution in [3.05, 3.63) is 82.3 Å². The monoisotopic (exact) mass is 457 g/mol. The maximum Gasteiger partial charge on any atom is 0.274 e. The van der Waals surface area contributed by atoms with Crippen LogP contribution in [0.25, 0.3) is 27.9 Å². The zero-order valence-electron chi connectivity index (χ0n) is 18.8. The highest BCUT2D eigenvalue weighted by molar-refractivity contribution is 5.79. The van der Waals surface area contributed by atoms with Gasteiger partial charge in [-0.3, -0.25) is 14.7 Å². The molecule has 0 aliphatic carbocycles. The van der Waals surface area contributed by atoms with Crippen molar-refractivity contribution in [1.82, 2.24) is 29.5 Å². The summed E-state index contributed by atoms with van der Waals surface area (Å²) in [5.74, 6) is -0.392. The van der Waals surface area contributed by atoms with E-state index in [1.54, 1.807) is 12.3 Å². The molecule has 5 aromatic rings. The van der Waals surface area contributed by atoms with Gasteiger partial charge in [-0.1, -0.05) is 6.07 Å². The first kappa shape index (κ1) is 20.6. The normalized spacial score (nSPS) is 14.9. The summed E-state index contributed by atoms with van der Waals surface area (Å²) >= 11 is 0. The number of nitrogens with one attached hydrogen (secondary N) is 2. The van der Waals surface area contributed by atoms with Crippen LogP contribution in [0.3, 0.4) is 0 Å². The number of aromatic nitrogens is 5. The van der Waals surface area contributed by atoms with Gasteiger partial charge in [0.05, 0.1) is 35.0 Å². The molecule has 2 N–H and O–H groups in total. The fourth-order valence-electron chi connectivity index (χ4n) is 4.71. The van der Waals surface area contributed by atoms with E-state index in [4.69, 9.17) is 0 Å². The van der Waals surface area contributed by atoms with Crippen molar-refractivity contribution < 1.29 is 4.39 Å². The van der Waals surface area contributed by atoms with E-state index in [-0.39, 0.29) is 11.1 Å². The second-order valence-electron chi connectivity index (χ2n) is 8.72. The summed E-state index contributed by atoms with van der Waals surface area (Å²) in [7, 11) is 0. The SMILES string of the molecule is Cc1cnn2c1c(=O)[nH]c1c(F)c(CN3CCN(c4ccc(-c5ccc[nH]5)nc4)CC3)ccc12. The summed E-state index contributed by atoms with van der Waals surface area (Å²) < 4.78 is 16.9. The lowest BCUT2D eigenvalue weighted by Gasteiger charge is -2.36. The van der Waals surface area contributed by atoms with Crippen LogP contribution in [0.1, 0.15) is 11.1 Å². The molecule has 9 heteroatoms. The quantitative estimate of drug-likeness (QED) is 0.432. The summed E-state index contributed by atoms with van der Waals surface area (Å²) in [5, 5.41) is 4.26. The Morgan fingerprint density at radius 3 is 2.65 bits per heavy atom. The first-order valence-electron chi connectivity index (χ1n) is 11.3. The van der Waals surface area contributed by atoms with Crippen molar-refractivity contribution in [1.29, 1.82) is 0 Å². The average Bonchev–Trinajstić information content (AvgIpc) is 3.53. The fourth-order valence-corrected chi connectivity index (χ4v) is 4.71. The van der Waals surface area contributed by atoms with Gasteiger partial charge in [0.2, 0.25) is 0 Å². The fraction of sp³-hybridized carbons (Fsp3) is 0.240. The van der Waals surface area contributed by atoms with Crippen molar-refractivity contribution in [2.75, 3.05) is 31.1 Å². The molecule has 0 saturated carbocycles. The molecule has 0 spiro atoms. The van der Waals surface area contributed by atoms with E-state index in [0.29, 0.717) is 23.1 Å². The van der Waals surface area contributed by atoms with Gasteiger partial charge in [-0.2, -0.15) is 5.10 Å². The number of H-pyrrole nitrogens is 2. The van der Waals surface area contributed by atoms with E-state index in [1.165, 1.54) is 4.52 Å². The van der Waals surface area contributed by atoms with Gasteiger partial charge in [-0.15, -0.1) is 0 Å². The second kappa shape index (κ2) is 8.11. The van der Waals surface area contributed by atoms with Gasteiger partial charge in [-0.25, -0.2) is 8.91 Å². The number of halogens is 1. The number of fused-ring (bicyclic) bond motifs is 3. The molecule has 4 aromatic heterocycles. The van der Waals surface area contributed by atoms with Gasteiger partial charge in [0.25, 0.3) is 5.56 Å². The third kappa shape index (κ3) is 3.45. The topological polar surface area (TPSA) is 85.3 Å². The molecule has 1 aromatic carbocycles. The maximum atomic E-state index is 15.4. The van der Waals surface area contributed by atoms with Gasteiger partial charge in [0.1, 0.15) is 11.0 Å². The maximum absolute atomic E-state index is 15.4. The molecule has 5 heterocycles. The number of pyridine rings is 1. The smallest absolute Gasteiger partial charge is 0.274 e. The predicted octanol–water partition coefficient (Wildman–Crippen LogP) is 3.34. The van der Waals surface area contributed by atoms with Crippen LogP contribution in [-0.2, 0) is 6.54 Å². The van der Waals surface area contributed by atoms with Crippen LogP contribution in [-0.4, -0.2) is 55.6 Å². The number of anilines is 1. The highest BCUT2D eigenvalue weighted by Crippen LogP contribution is 2.23. The number of nitrogens with zero attached hydrogens (tertiary/aromatic N) is 5. The van der Waals surface area contributed by atoms with Crippen LogP contribution in [0.4, 0.5) is 10.1 Å². The Labute approximate surface area is 194 Å². The summed E-state index contributed by atoms with van der Waals surface area (Å²) in [4.78, 5) is 27.5. The summed E-state index contributed by atoms with van der Waals surface area (Å²) in [6.07, 6.45) is 5.42. The highest BCUT2D eigenvalue weighted by Gasteiger charge is 2.21. The summed E-state index contributed by atoms with van der Waals surface area (Å²) in [6, 6.07) is 11.7. The van der Waals surface area contributed by atoms with Crippen molar-refractivity contribution in [3.63, 3.8) is 0 Å². The van der Waals surface area contributed by atoms with Crippen LogP contribution >= 0.6 is 0 Å². The molecule has 0 unspecified atom stereocenters. The Morgan fingerprint density at radius 2 is 1.91 bits per heavy atom. The zero-order chi connectivity index (χ0) is 23.2. The number of rotatable bonds is 4. The van der Waals surface area contributed by atoms with Gasteiger partial charge in [0.15, 0.2) is 5.82 Å². The third-order valence-electron chi connectivity index (χ3n) is 6.59. The average molecular weight is 458 g/mol. The van der Waals surface area contributed by atoms with Crippen LogP contribution < -0.4 is 10.5 Å². The molecule has 1 aliphatic heterocycles. The van der Waals surface area contributed by atoms with Crippen molar-refractivity contribution in [2.24, 2.45) is 0 Å². The van der Waals surface area contributed by atoms with Gasteiger partial charge in [-0.05, 0) is 37.3 Å². The van der Waals surface area contributed by atoms with Crippen LogP contribution in [0.5, 0.6) is 0 Å². The highest BCUT2D eigenvalue weighted by atomic mass is 19.1. The number of aryl methyl sites for hydroxylation is 1. The molecule has 8 nitrogen and oxygen atoms in total. The van der Waals surface area contributed by atoms with E-state index in [1.807, 2.05) is 43.6 Å². The largest absolute Gasteiger partial charge is 0.368 e. The lowest BCUT2D eigenvalue weighted by molar-refractivity contribution is 0.247. The van der Waals surface area contributed by atoms with E-state index >= 15 is 4.39 Å². The lowest BCUT2D eigenvalue weighted by Crippen LogP contribution is -2.46. The van der Waals surface area contributed by atoms with Gasteiger partial charge >= 0.3 is 0 Å². The molecule has 6 rings (SSSR count). The minimum Gasteiger partial charge on any atom is -0.368 e. The summed E-state index contributed by atoms with van der Waals surface area (Å²) in [5.41, 5.74) is 5.21. The molecule has 0 radical (unpaired) electrons. The number of hydrogen-bond donors (Lipinski definition) is 2. The molecular formula is C25H24FN7O. The molecule has 0 amide bonds. The van der Waals surface area contributed by atoms with Gasteiger partial charge < -0.3 is 14.9 Å². The first-order valence-corrected chi connectivity index (χ1v) is 11.3.